The van der Waals surface area contributed by atoms with Crippen LogP contribution in [0.2, 0.25) is 0 Å². The van der Waals surface area contributed by atoms with Crippen LogP contribution in [0.4, 0.5) is 0 Å². The molecule has 0 radical (unpaired) electrons. The number of carbonyl (C=O) groups is 1. The van der Waals surface area contributed by atoms with Gasteiger partial charge in [-0.3, -0.25) is 0 Å². The van der Waals surface area contributed by atoms with Crippen molar-refractivity contribution in [2.45, 2.75) is 30.3 Å². The van der Waals surface area contributed by atoms with E-state index < -0.39 is 21.6 Å². The number of aromatic amines is 1. The average Bonchev–Trinajstić information content (AvgIpc) is 2.75. The minimum Gasteiger partial charge on any atom is -0.477 e. The van der Waals surface area contributed by atoms with Crippen molar-refractivity contribution in [3.63, 3.8) is 0 Å². The molecule has 2 rings (SSSR count). The van der Waals surface area contributed by atoms with Gasteiger partial charge in [-0.1, -0.05) is 13.3 Å². The molecule has 1 aliphatic rings. The highest BCUT2D eigenvalue weighted by atomic mass is 32.2. The van der Waals surface area contributed by atoms with E-state index in [0.717, 1.165) is 23.0 Å². The molecule has 3 N–H and O–H groups in total. The zero-order valence-electron chi connectivity index (χ0n) is 10.5. The van der Waals surface area contributed by atoms with Crippen LogP contribution >= 0.6 is 0 Å². The molecule has 19 heavy (non-hydrogen) atoms. The van der Waals surface area contributed by atoms with Gasteiger partial charge in [0.15, 0.2) is 0 Å². The standard InChI is InChI=1S/C11H16N2O5S/c1-2-3-11(16)6-13(7-11)19(17,18)8-4-9(10(14)15)12-5-8/h4-5,12,16H,2-3,6-7H2,1H3,(H,14,15). The van der Waals surface area contributed by atoms with Gasteiger partial charge in [0.25, 0.3) is 0 Å². The van der Waals surface area contributed by atoms with Crippen molar-refractivity contribution in [2.24, 2.45) is 0 Å². The molecule has 106 valence electrons. The van der Waals surface area contributed by atoms with Crippen LogP contribution in [0.25, 0.3) is 0 Å². The maximum Gasteiger partial charge on any atom is 0.352 e. The van der Waals surface area contributed by atoms with Gasteiger partial charge in [0.2, 0.25) is 10.0 Å². The van der Waals surface area contributed by atoms with E-state index in [1.54, 1.807) is 0 Å². The van der Waals surface area contributed by atoms with Crippen LogP contribution in [-0.2, 0) is 10.0 Å². The number of aromatic nitrogens is 1. The summed E-state index contributed by atoms with van der Waals surface area (Å²) in [5.41, 5.74) is -1.13. The first-order chi connectivity index (χ1) is 8.78. The maximum absolute atomic E-state index is 12.1. The van der Waals surface area contributed by atoms with Gasteiger partial charge < -0.3 is 15.2 Å². The number of aromatic carboxylic acids is 1. The molecule has 1 fully saturated rings. The van der Waals surface area contributed by atoms with Crippen molar-refractivity contribution in [2.75, 3.05) is 13.1 Å². The minimum absolute atomic E-state index is 0.0523. The summed E-state index contributed by atoms with van der Waals surface area (Å²) in [5.74, 6) is -1.22. The number of carboxylic acid groups (broad SMARTS) is 1. The predicted molar refractivity (Wildman–Crippen MR) is 66.4 cm³/mol. The monoisotopic (exact) mass is 288 g/mol. The van der Waals surface area contributed by atoms with Gasteiger partial charge in [-0.2, -0.15) is 4.31 Å². The summed E-state index contributed by atoms with van der Waals surface area (Å²) in [7, 11) is -3.73. The first-order valence-electron chi connectivity index (χ1n) is 5.93. The molecule has 1 aromatic rings. The van der Waals surface area contributed by atoms with E-state index in [-0.39, 0.29) is 23.7 Å². The van der Waals surface area contributed by atoms with Gasteiger partial charge in [0, 0.05) is 19.3 Å². The number of carboxylic acids is 1. The fourth-order valence-electron chi connectivity index (χ4n) is 2.20. The van der Waals surface area contributed by atoms with Crippen LogP contribution in [0.15, 0.2) is 17.2 Å². The molecule has 0 aliphatic carbocycles. The Balaban J connectivity index is 2.14. The molecule has 1 saturated heterocycles. The van der Waals surface area contributed by atoms with Crippen LogP contribution in [0.1, 0.15) is 30.3 Å². The van der Waals surface area contributed by atoms with Crippen molar-refractivity contribution in [1.82, 2.24) is 9.29 Å². The minimum atomic E-state index is -3.73. The van der Waals surface area contributed by atoms with Crippen LogP contribution in [0.5, 0.6) is 0 Å². The lowest BCUT2D eigenvalue weighted by molar-refractivity contribution is -0.0653. The quantitative estimate of drug-likeness (QED) is 0.719. The van der Waals surface area contributed by atoms with E-state index in [1.165, 1.54) is 0 Å². The average molecular weight is 288 g/mol. The number of rotatable bonds is 5. The second-order valence-electron chi connectivity index (χ2n) is 4.80. The van der Waals surface area contributed by atoms with Gasteiger partial charge in [-0.15, -0.1) is 0 Å². The molecule has 1 aromatic heterocycles. The predicted octanol–water partition coefficient (Wildman–Crippen LogP) is 0.248. The lowest BCUT2D eigenvalue weighted by atomic mass is 9.92. The highest BCUT2D eigenvalue weighted by Gasteiger charge is 2.46. The van der Waals surface area contributed by atoms with E-state index in [1.807, 2.05) is 6.92 Å². The maximum atomic E-state index is 12.1. The number of aliphatic hydroxyl groups is 1. The molecular weight excluding hydrogens is 272 g/mol. The Morgan fingerprint density at radius 2 is 2.16 bits per heavy atom. The Hall–Kier alpha value is -1.38. The summed E-state index contributed by atoms with van der Waals surface area (Å²) in [4.78, 5) is 13.0. The summed E-state index contributed by atoms with van der Waals surface area (Å²) >= 11 is 0. The Morgan fingerprint density at radius 3 is 2.63 bits per heavy atom. The third-order valence-corrected chi connectivity index (χ3v) is 4.95. The lowest BCUT2D eigenvalue weighted by Gasteiger charge is -2.45. The normalized spacial score (nSPS) is 19.1. The fraction of sp³-hybridized carbons (Fsp3) is 0.545. The molecule has 7 nitrogen and oxygen atoms in total. The molecule has 0 unspecified atom stereocenters. The van der Waals surface area contributed by atoms with Crippen LogP contribution in [0.3, 0.4) is 0 Å². The summed E-state index contributed by atoms with van der Waals surface area (Å²) in [6.07, 6.45) is 2.47. The molecule has 0 saturated carbocycles. The molecule has 0 amide bonds. The van der Waals surface area contributed by atoms with Gasteiger partial charge in [0.1, 0.15) is 10.6 Å². The molecule has 8 heteroatoms. The Labute approximate surface area is 110 Å². The van der Waals surface area contributed by atoms with Gasteiger partial charge >= 0.3 is 5.97 Å². The largest absolute Gasteiger partial charge is 0.477 e. The Morgan fingerprint density at radius 1 is 1.53 bits per heavy atom. The van der Waals surface area contributed by atoms with Crippen LogP contribution in [0, 0.1) is 0 Å². The number of nitrogens with one attached hydrogen (secondary N) is 1. The number of nitrogens with zero attached hydrogens (tertiary/aromatic N) is 1. The first kappa shape index (κ1) is 14.0. The molecular formula is C11H16N2O5S. The first-order valence-corrected chi connectivity index (χ1v) is 7.37. The molecule has 2 heterocycles. The fourth-order valence-corrected chi connectivity index (χ4v) is 3.79. The van der Waals surface area contributed by atoms with Crippen LogP contribution in [-0.4, -0.2) is 52.6 Å². The zero-order chi connectivity index (χ0) is 14.3. The SMILES string of the molecule is CCCC1(O)CN(S(=O)(=O)c2c[nH]c(C(=O)O)c2)C1. The Bertz CT molecular complexity index is 586. The molecule has 0 aromatic carbocycles. The number of hydrogen-bond acceptors (Lipinski definition) is 4. The second kappa shape index (κ2) is 4.62. The van der Waals surface area contributed by atoms with Gasteiger partial charge in [0.05, 0.1) is 5.60 Å². The van der Waals surface area contributed by atoms with Crippen molar-refractivity contribution in [3.8, 4) is 0 Å². The third kappa shape index (κ3) is 2.51. The molecule has 1 aliphatic heterocycles. The summed E-state index contributed by atoms with van der Waals surface area (Å²) in [6, 6.07) is 1.08. The topological polar surface area (TPSA) is 111 Å². The summed E-state index contributed by atoms with van der Waals surface area (Å²) < 4.78 is 25.4. The van der Waals surface area contributed by atoms with Crippen molar-refractivity contribution >= 4 is 16.0 Å². The number of hydrogen-bond donors (Lipinski definition) is 3. The number of H-pyrrole nitrogens is 1. The molecule has 0 atom stereocenters. The van der Waals surface area contributed by atoms with Crippen molar-refractivity contribution in [1.29, 1.82) is 0 Å². The summed E-state index contributed by atoms with van der Waals surface area (Å²) in [6.45, 7) is 2.02. The molecule has 0 bridgehead atoms. The number of β-amino-alcohol motifs (C(OH)–C–C–N with tert-alkyl or cyclic N) is 1. The smallest absolute Gasteiger partial charge is 0.352 e. The highest BCUT2D eigenvalue weighted by molar-refractivity contribution is 7.89. The van der Waals surface area contributed by atoms with Crippen LogP contribution < -0.4 is 0 Å². The molecule has 0 spiro atoms. The van der Waals surface area contributed by atoms with Crippen molar-refractivity contribution in [3.05, 3.63) is 18.0 Å². The highest BCUT2D eigenvalue weighted by Crippen LogP contribution is 2.31. The van der Waals surface area contributed by atoms with Crippen molar-refractivity contribution < 1.29 is 23.4 Å². The lowest BCUT2D eigenvalue weighted by Crippen LogP contribution is -2.63. The third-order valence-electron chi connectivity index (χ3n) is 3.18. The van der Waals surface area contributed by atoms with E-state index >= 15 is 0 Å². The van der Waals surface area contributed by atoms with E-state index in [9.17, 15) is 18.3 Å². The van der Waals surface area contributed by atoms with E-state index in [4.69, 9.17) is 5.11 Å². The number of sulfonamides is 1. The van der Waals surface area contributed by atoms with E-state index in [2.05, 4.69) is 4.98 Å². The zero-order valence-corrected chi connectivity index (χ0v) is 11.3. The van der Waals surface area contributed by atoms with E-state index in [0.29, 0.717) is 6.42 Å². The van der Waals surface area contributed by atoms with Gasteiger partial charge in [-0.25, -0.2) is 13.2 Å². The summed E-state index contributed by atoms with van der Waals surface area (Å²) in [5, 5.41) is 18.7. The van der Waals surface area contributed by atoms with Gasteiger partial charge in [-0.05, 0) is 12.5 Å². The Kier molecular flexibility index (Phi) is 3.41. The second-order valence-corrected chi connectivity index (χ2v) is 6.74.